The Morgan fingerprint density at radius 1 is 1.08 bits per heavy atom. The molecule has 12 nitrogen and oxygen atoms in total. The van der Waals surface area contributed by atoms with Crippen molar-refractivity contribution in [1.29, 1.82) is 0 Å². The second-order valence-corrected chi connectivity index (χ2v) is 15.7. The van der Waals surface area contributed by atoms with Crippen molar-refractivity contribution in [2.24, 2.45) is 23.2 Å². The lowest BCUT2D eigenvalue weighted by Gasteiger charge is -2.48. The summed E-state index contributed by atoms with van der Waals surface area (Å²) in [6.07, 6.45) is -1.76. The highest BCUT2D eigenvalue weighted by atomic mass is 16.7. The van der Waals surface area contributed by atoms with E-state index in [-0.39, 0.29) is 54.4 Å². The minimum atomic E-state index is -1.47. The highest BCUT2D eigenvalue weighted by molar-refractivity contribution is 6.04. The zero-order valence-electron chi connectivity index (χ0n) is 32.0. The first-order chi connectivity index (χ1) is 22.3. The molecule has 3 rings (SSSR count). The number of likely N-dealkylation sites (tertiary alicyclic amines) is 1. The van der Waals surface area contributed by atoms with Gasteiger partial charge in [0.25, 0.3) is 0 Å². The van der Waals surface area contributed by atoms with Crippen molar-refractivity contribution < 1.29 is 38.4 Å². The van der Waals surface area contributed by atoms with Gasteiger partial charge in [0.15, 0.2) is 12.1 Å². The summed E-state index contributed by atoms with van der Waals surface area (Å²) in [5.41, 5.74) is -2.43. The first-order valence-corrected chi connectivity index (χ1v) is 18.0. The SMILES string of the molecule is CCN(CC)[C@H](C)C(=O)N1CC(C2COC(=O)C(C)(C)C(=O)[C@H](C)[C@@H](O[C@@H]3O[C@H](C)C[C@H](N(C)C)[C@H]3O)[C@](C)(OC)C[C@@H](C)CN2C)C1. The lowest BCUT2D eigenvalue weighted by Crippen LogP contribution is -2.62. The van der Waals surface area contributed by atoms with Crippen LogP contribution in [0.1, 0.15) is 75.2 Å². The van der Waals surface area contributed by atoms with Crippen molar-refractivity contribution in [2.75, 3.05) is 67.6 Å². The quantitative estimate of drug-likeness (QED) is 0.285. The molecule has 0 aromatic heterocycles. The standard InChI is InChI=1S/C36H66N4O8/c1-14-39(15-2)25(6)32(43)40-19-26(20-40)28-21-46-34(44)35(7,8)30(42)24(5)31(36(9,45-13)17-22(3)18-38(28)12)48-33-29(41)27(37(10)11)16-23(4)47-33/h22-29,31,33,41H,14-21H2,1-13H3/t22-,23-,24+,25-,27+,28?,29-,31-,33+,36-/m1/s1. The Kier molecular flexibility index (Phi) is 14.1. The Bertz CT molecular complexity index is 1100. The number of methoxy groups -OCH3 is 1. The molecule has 0 radical (unpaired) electrons. The van der Waals surface area contributed by atoms with Crippen LogP contribution in [-0.2, 0) is 33.3 Å². The maximum absolute atomic E-state index is 14.3. The van der Waals surface area contributed by atoms with Crippen LogP contribution in [0.15, 0.2) is 0 Å². The predicted octanol–water partition coefficient (Wildman–Crippen LogP) is 2.51. The molecule has 3 aliphatic heterocycles. The van der Waals surface area contributed by atoms with E-state index in [0.717, 1.165) is 13.1 Å². The number of esters is 1. The number of carbonyl (C=O) groups is 3. The van der Waals surface area contributed by atoms with Crippen LogP contribution in [0.4, 0.5) is 0 Å². The molecule has 3 fully saturated rings. The molecule has 1 N–H and O–H groups in total. The second-order valence-electron chi connectivity index (χ2n) is 15.7. The molecule has 0 saturated carbocycles. The van der Waals surface area contributed by atoms with Gasteiger partial charge in [-0.25, -0.2) is 0 Å². The van der Waals surface area contributed by atoms with Gasteiger partial charge in [-0.15, -0.1) is 0 Å². The lowest BCUT2D eigenvalue weighted by molar-refractivity contribution is -0.295. The highest BCUT2D eigenvalue weighted by Crippen LogP contribution is 2.38. The molecule has 278 valence electrons. The van der Waals surface area contributed by atoms with E-state index in [0.29, 0.717) is 32.5 Å². The molecule has 48 heavy (non-hydrogen) atoms. The first kappa shape index (κ1) is 40.8. The number of cyclic esters (lactones) is 1. The van der Waals surface area contributed by atoms with Crippen LogP contribution >= 0.6 is 0 Å². The van der Waals surface area contributed by atoms with Crippen molar-refractivity contribution >= 4 is 17.7 Å². The summed E-state index contributed by atoms with van der Waals surface area (Å²) in [5, 5.41) is 11.3. The summed E-state index contributed by atoms with van der Waals surface area (Å²) in [6.45, 7) is 20.7. The number of ether oxygens (including phenoxy) is 4. The number of ketones is 1. The van der Waals surface area contributed by atoms with Gasteiger partial charge in [-0.1, -0.05) is 27.7 Å². The zero-order chi connectivity index (χ0) is 36.3. The van der Waals surface area contributed by atoms with Crippen LogP contribution in [0, 0.1) is 23.2 Å². The van der Waals surface area contributed by atoms with Gasteiger partial charge in [0.2, 0.25) is 5.91 Å². The fourth-order valence-electron chi connectivity index (χ4n) is 8.19. The van der Waals surface area contributed by atoms with E-state index in [1.807, 2.05) is 51.7 Å². The second kappa shape index (κ2) is 16.6. The molecule has 0 bridgehead atoms. The molecule has 3 aliphatic rings. The Labute approximate surface area is 289 Å². The van der Waals surface area contributed by atoms with Crippen LogP contribution in [0.5, 0.6) is 0 Å². The highest BCUT2D eigenvalue weighted by Gasteiger charge is 2.52. The molecular formula is C36H66N4O8. The van der Waals surface area contributed by atoms with Crippen LogP contribution < -0.4 is 0 Å². The van der Waals surface area contributed by atoms with Gasteiger partial charge in [-0.05, 0) is 87.6 Å². The largest absolute Gasteiger partial charge is 0.463 e. The third-order valence-corrected chi connectivity index (χ3v) is 11.4. The number of hydrogen-bond acceptors (Lipinski definition) is 11. The fourth-order valence-corrected chi connectivity index (χ4v) is 8.19. The Balaban J connectivity index is 1.90. The number of likely N-dealkylation sites (N-methyl/N-ethyl adjacent to an activating group) is 3. The third kappa shape index (κ3) is 8.79. The number of hydrogen-bond donors (Lipinski definition) is 1. The molecule has 1 amide bonds. The average molecular weight is 683 g/mol. The monoisotopic (exact) mass is 682 g/mol. The fraction of sp³-hybridized carbons (Fsp3) is 0.917. The van der Waals surface area contributed by atoms with E-state index >= 15 is 0 Å². The zero-order valence-corrected chi connectivity index (χ0v) is 32.0. The van der Waals surface area contributed by atoms with E-state index in [9.17, 15) is 19.5 Å². The lowest BCUT2D eigenvalue weighted by atomic mass is 9.74. The number of aliphatic hydroxyl groups is 1. The maximum atomic E-state index is 14.3. The molecule has 0 aromatic carbocycles. The Hall–Kier alpha value is -1.67. The minimum Gasteiger partial charge on any atom is -0.463 e. The van der Waals surface area contributed by atoms with Crippen LogP contribution in [0.2, 0.25) is 0 Å². The number of carbonyl (C=O) groups excluding carboxylic acids is 3. The van der Waals surface area contributed by atoms with Gasteiger partial charge >= 0.3 is 5.97 Å². The van der Waals surface area contributed by atoms with Crippen molar-refractivity contribution in [3.8, 4) is 0 Å². The number of nitrogens with zero attached hydrogens (tertiary/aromatic N) is 4. The molecular weight excluding hydrogens is 616 g/mol. The Morgan fingerprint density at radius 3 is 2.23 bits per heavy atom. The predicted molar refractivity (Wildman–Crippen MR) is 184 cm³/mol. The molecule has 0 aliphatic carbocycles. The van der Waals surface area contributed by atoms with Crippen molar-refractivity contribution in [2.45, 2.75) is 123 Å². The van der Waals surface area contributed by atoms with E-state index < -0.39 is 41.4 Å². The summed E-state index contributed by atoms with van der Waals surface area (Å²) in [5.74, 6) is -1.39. The van der Waals surface area contributed by atoms with Crippen LogP contribution in [0.3, 0.4) is 0 Å². The van der Waals surface area contributed by atoms with Gasteiger partial charge in [-0.2, -0.15) is 0 Å². The molecule has 0 spiro atoms. The average Bonchev–Trinajstić information content (AvgIpc) is 3.00. The van der Waals surface area contributed by atoms with E-state index in [1.165, 1.54) is 0 Å². The number of Topliss-reactive ketones (excluding diaryl/α,β-unsaturated/α-hetero) is 1. The first-order valence-electron chi connectivity index (χ1n) is 18.0. The summed E-state index contributed by atoms with van der Waals surface area (Å²) >= 11 is 0. The van der Waals surface area contributed by atoms with Crippen molar-refractivity contribution in [3.05, 3.63) is 0 Å². The molecule has 1 unspecified atom stereocenters. The van der Waals surface area contributed by atoms with Crippen LogP contribution in [0.25, 0.3) is 0 Å². The maximum Gasteiger partial charge on any atom is 0.319 e. The topological polar surface area (TPSA) is 121 Å². The third-order valence-electron chi connectivity index (χ3n) is 11.4. The van der Waals surface area contributed by atoms with Gasteiger partial charge in [0.1, 0.15) is 18.1 Å². The number of amides is 1. The minimum absolute atomic E-state index is 0.0893. The normalized spacial score (nSPS) is 37.0. The molecule has 10 atom stereocenters. The Morgan fingerprint density at radius 2 is 1.69 bits per heavy atom. The van der Waals surface area contributed by atoms with Crippen molar-refractivity contribution in [1.82, 2.24) is 19.6 Å². The number of rotatable bonds is 9. The van der Waals surface area contributed by atoms with Gasteiger partial charge in [-0.3, -0.25) is 24.2 Å². The van der Waals surface area contributed by atoms with Crippen LogP contribution in [-0.4, -0.2) is 158 Å². The van der Waals surface area contributed by atoms with E-state index in [2.05, 4.69) is 30.6 Å². The number of aliphatic hydroxyl groups excluding tert-OH is 1. The van der Waals surface area contributed by atoms with E-state index in [4.69, 9.17) is 18.9 Å². The molecule has 3 heterocycles. The van der Waals surface area contributed by atoms with Gasteiger partial charge in [0, 0.05) is 50.7 Å². The smallest absolute Gasteiger partial charge is 0.319 e. The molecule has 0 aromatic rings. The summed E-state index contributed by atoms with van der Waals surface area (Å²) in [6, 6.07) is -0.517. The summed E-state index contributed by atoms with van der Waals surface area (Å²) in [7, 11) is 7.48. The van der Waals surface area contributed by atoms with Gasteiger partial charge in [0.05, 0.1) is 23.9 Å². The molecule has 12 heteroatoms. The summed E-state index contributed by atoms with van der Waals surface area (Å²) in [4.78, 5) is 49.5. The van der Waals surface area contributed by atoms with Gasteiger partial charge < -0.3 is 33.9 Å². The summed E-state index contributed by atoms with van der Waals surface area (Å²) < 4.78 is 25.0. The molecule has 3 saturated heterocycles. The van der Waals surface area contributed by atoms with E-state index in [1.54, 1.807) is 27.9 Å². The van der Waals surface area contributed by atoms with Crippen molar-refractivity contribution in [3.63, 3.8) is 0 Å².